The Morgan fingerprint density at radius 2 is 1.90 bits per heavy atom. The first-order valence-corrected chi connectivity index (χ1v) is 6.54. The highest BCUT2D eigenvalue weighted by atomic mass is 19.1. The van der Waals surface area contributed by atoms with E-state index in [0.29, 0.717) is 12.2 Å². The van der Waals surface area contributed by atoms with Gasteiger partial charge in [-0.25, -0.2) is 4.39 Å². The second kappa shape index (κ2) is 8.14. The van der Waals surface area contributed by atoms with Crippen LogP contribution in [0.1, 0.15) is 33.1 Å². The van der Waals surface area contributed by atoms with Gasteiger partial charge in [0, 0.05) is 6.42 Å². The number of unbranched alkanes of at least 4 members (excludes halogenated alkanes) is 1. The number of hydrogen-bond acceptors (Lipinski definition) is 3. The third kappa shape index (κ3) is 5.69. The van der Waals surface area contributed by atoms with E-state index in [1.165, 1.54) is 31.2 Å². The molecule has 0 saturated heterocycles. The van der Waals surface area contributed by atoms with Crippen molar-refractivity contribution < 1.29 is 18.7 Å². The number of carbonyl (C=O) groups excluding carboxylic acids is 2. The van der Waals surface area contributed by atoms with Gasteiger partial charge in [-0.05, 0) is 37.6 Å². The van der Waals surface area contributed by atoms with Crippen LogP contribution >= 0.6 is 0 Å². The van der Waals surface area contributed by atoms with E-state index in [0.717, 1.165) is 12.8 Å². The van der Waals surface area contributed by atoms with Gasteiger partial charge in [0.15, 0.2) is 6.10 Å². The zero-order valence-electron chi connectivity index (χ0n) is 11.6. The van der Waals surface area contributed by atoms with Crippen LogP contribution in [0.5, 0.6) is 5.75 Å². The molecule has 1 aromatic rings. The topological polar surface area (TPSA) is 67.4 Å². The predicted octanol–water partition coefficient (Wildman–Crippen LogP) is 1.93. The Bertz CT molecular complexity index is 448. The summed E-state index contributed by atoms with van der Waals surface area (Å²) in [5.41, 5.74) is 4.60. The van der Waals surface area contributed by atoms with Crippen molar-refractivity contribution >= 4 is 11.8 Å². The molecule has 2 N–H and O–H groups in total. The van der Waals surface area contributed by atoms with E-state index in [1.54, 1.807) is 0 Å². The Morgan fingerprint density at radius 1 is 1.25 bits per heavy atom. The average molecular weight is 282 g/mol. The van der Waals surface area contributed by atoms with Gasteiger partial charge in [0.2, 0.25) is 5.91 Å². The second-order valence-corrected chi connectivity index (χ2v) is 4.35. The number of benzene rings is 1. The Balaban J connectivity index is 2.35. The summed E-state index contributed by atoms with van der Waals surface area (Å²) in [7, 11) is 0. The minimum atomic E-state index is -0.799. The molecule has 0 aliphatic carbocycles. The normalized spacial score (nSPS) is 11.6. The molecule has 1 aromatic carbocycles. The number of ether oxygens (including phenoxy) is 1. The van der Waals surface area contributed by atoms with Crippen LogP contribution in [0.4, 0.5) is 4.39 Å². The number of halogens is 1. The van der Waals surface area contributed by atoms with E-state index in [-0.39, 0.29) is 11.7 Å². The first-order chi connectivity index (χ1) is 9.52. The first-order valence-electron chi connectivity index (χ1n) is 6.54. The summed E-state index contributed by atoms with van der Waals surface area (Å²) >= 11 is 0. The second-order valence-electron chi connectivity index (χ2n) is 4.35. The molecule has 1 rings (SSSR count). The van der Waals surface area contributed by atoms with Crippen LogP contribution in [0.2, 0.25) is 0 Å². The fraction of sp³-hybridized carbons (Fsp3) is 0.429. The predicted molar refractivity (Wildman–Crippen MR) is 72.3 cm³/mol. The highest BCUT2D eigenvalue weighted by Crippen LogP contribution is 2.12. The summed E-state index contributed by atoms with van der Waals surface area (Å²) in [5.74, 6) is -0.711. The maximum atomic E-state index is 12.7. The zero-order chi connectivity index (χ0) is 15.0. The third-order valence-corrected chi connectivity index (χ3v) is 2.58. The SMILES string of the molecule is CCCCC(=O)NNC(=O)C(C)Oc1ccc(F)cc1. The monoisotopic (exact) mass is 282 g/mol. The minimum Gasteiger partial charge on any atom is -0.481 e. The smallest absolute Gasteiger partial charge is 0.279 e. The van der Waals surface area contributed by atoms with Crippen molar-refractivity contribution in [2.24, 2.45) is 0 Å². The maximum absolute atomic E-state index is 12.7. The standard InChI is InChI=1S/C14H19FN2O3/c1-3-4-5-13(18)16-17-14(19)10(2)20-12-8-6-11(15)7-9-12/h6-10H,3-5H2,1-2H3,(H,16,18)(H,17,19). The number of amides is 2. The van der Waals surface area contributed by atoms with E-state index in [2.05, 4.69) is 10.9 Å². The van der Waals surface area contributed by atoms with Crippen molar-refractivity contribution in [1.29, 1.82) is 0 Å². The molecule has 5 nitrogen and oxygen atoms in total. The summed E-state index contributed by atoms with van der Waals surface area (Å²) in [4.78, 5) is 23.0. The van der Waals surface area contributed by atoms with Gasteiger partial charge in [-0.1, -0.05) is 13.3 Å². The molecule has 0 fully saturated rings. The quantitative estimate of drug-likeness (QED) is 0.783. The molecule has 0 saturated carbocycles. The number of hydrogen-bond donors (Lipinski definition) is 2. The van der Waals surface area contributed by atoms with Crippen LogP contribution in [0.3, 0.4) is 0 Å². The van der Waals surface area contributed by atoms with Crippen LogP contribution < -0.4 is 15.6 Å². The highest BCUT2D eigenvalue weighted by molar-refractivity contribution is 5.84. The summed E-state index contributed by atoms with van der Waals surface area (Å²) < 4.78 is 18.0. The number of hydrazine groups is 1. The van der Waals surface area contributed by atoms with Gasteiger partial charge in [-0.3, -0.25) is 20.4 Å². The van der Waals surface area contributed by atoms with Crippen molar-refractivity contribution in [3.8, 4) is 5.75 Å². The molecule has 0 radical (unpaired) electrons. The Hall–Kier alpha value is -2.11. The van der Waals surface area contributed by atoms with Crippen molar-refractivity contribution in [2.45, 2.75) is 39.2 Å². The van der Waals surface area contributed by atoms with Gasteiger partial charge < -0.3 is 4.74 Å². The molecule has 1 unspecified atom stereocenters. The lowest BCUT2D eigenvalue weighted by atomic mass is 10.2. The van der Waals surface area contributed by atoms with Gasteiger partial charge in [0.1, 0.15) is 11.6 Å². The molecular formula is C14H19FN2O3. The van der Waals surface area contributed by atoms with E-state index >= 15 is 0 Å². The lowest BCUT2D eigenvalue weighted by Crippen LogP contribution is -2.47. The molecule has 0 aliphatic rings. The molecule has 1 atom stereocenters. The molecule has 6 heteroatoms. The highest BCUT2D eigenvalue weighted by Gasteiger charge is 2.15. The average Bonchev–Trinajstić information content (AvgIpc) is 2.44. The van der Waals surface area contributed by atoms with Crippen molar-refractivity contribution in [2.75, 3.05) is 0 Å². The number of carbonyl (C=O) groups is 2. The third-order valence-electron chi connectivity index (χ3n) is 2.58. The molecule has 0 aliphatic heterocycles. The fourth-order valence-corrected chi connectivity index (χ4v) is 1.40. The number of nitrogens with one attached hydrogen (secondary N) is 2. The largest absolute Gasteiger partial charge is 0.481 e. The molecule has 0 heterocycles. The van der Waals surface area contributed by atoms with Crippen LogP contribution in [0, 0.1) is 5.82 Å². The fourth-order valence-electron chi connectivity index (χ4n) is 1.40. The Morgan fingerprint density at radius 3 is 2.50 bits per heavy atom. The number of rotatable bonds is 6. The molecule has 2 amide bonds. The summed E-state index contributed by atoms with van der Waals surface area (Å²) in [5, 5.41) is 0. The molecule has 0 spiro atoms. The first kappa shape index (κ1) is 15.9. The van der Waals surface area contributed by atoms with Gasteiger partial charge in [-0.2, -0.15) is 0 Å². The van der Waals surface area contributed by atoms with Gasteiger partial charge in [0.25, 0.3) is 5.91 Å². The molecule has 110 valence electrons. The van der Waals surface area contributed by atoms with Gasteiger partial charge in [0.05, 0.1) is 0 Å². The van der Waals surface area contributed by atoms with E-state index < -0.39 is 12.0 Å². The van der Waals surface area contributed by atoms with Crippen molar-refractivity contribution in [3.05, 3.63) is 30.1 Å². The molecule has 0 aromatic heterocycles. The minimum absolute atomic E-state index is 0.241. The van der Waals surface area contributed by atoms with E-state index in [4.69, 9.17) is 4.74 Å². The summed E-state index contributed by atoms with van der Waals surface area (Å²) in [6.07, 6.45) is 1.24. The summed E-state index contributed by atoms with van der Waals surface area (Å²) in [6.45, 7) is 3.52. The zero-order valence-corrected chi connectivity index (χ0v) is 11.6. The molecular weight excluding hydrogens is 263 g/mol. The van der Waals surface area contributed by atoms with E-state index in [1.807, 2.05) is 6.92 Å². The van der Waals surface area contributed by atoms with Crippen LogP contribution in [-0.4, -0.2) is 17.9 Å². The van der Waals surface area contributed by atoms with Crippen LogP contribution in [0.25, 0.3) is 0 Å². The lowest BCUT2D eigenvalue weighted by Gasteiger charge is -2.15. The Kier molecular flexibility index (Phi) is 6.49. The van der Waals surface area contributed by atoms with Crippen LogP contribution in [-0.2, 0) is 9.59 Å². The Labute approximate surface area is 117 Å². The lowest BCUT2D eigenvalue weighted by molar-refractivity contribution is -0.132. The molecule has 0 bridgehead atoms. The van der Waals surface area contributed by atoms with Crippen LogP contribution in [0.15, 0.2) is 24.3 Å². The van der Waals surface area contributed by atoms with Gasteiger partial charge >= 0.3 is 0 Å². The molecule has 20 heavy (non-hydrogen) atoms. The maximum Gasteiger partial charge on any atom is 0.279 e. The van der Waals surface area contributed by atoms with E-state index in [9.17, 15) is 14.0 Å². The van der Waals surface area contributed by atoms with Gasteiger partial charge in [-0.15, -0.1) is 0 Å². The summed E-state index contributed by atoms with van der Waals surface area (Å²) in [6, 6.07) is 5.34. The van der Waals surface area contributed by atoms with Crippen molar-refractivity contribution in [1.82, 2.24) is 10.9 Å². The van der Waals surface area contributed by atoms with Crippen molar-refractivity contribution in [3.63, 3.8) is 0 Å².